The highest BCUT2D eigenvalue weighted by Gasteiger charge is 2.30. The van der Waals surface area contributed by atoms with Gasteiger partial charge in [0.25, 0.3) is 0 Å². The van der Waals surface area contributed by atoms with Crippen LogP contribution in [-0.2, 0) is 12.7 Å². The van der Waals surface area contributed by atoms with Crippen molar-refractivity contribution >= 4 is 10.9 Å². The molecular weight excluding hydrogens is 437 g/mol. The molecule has 0 radical (unpaired) electrons. The van der Waals surface area contributed by atoms with E-state index in [0.29, 0.717) is 22.0 Å². The quantitative estimate of drug-likeness (QED) is 0.454. The average Bonchev–Trinajstić information content (AvgIpc) is 2.81. The van der Waals surface area contributed by atoms with Crippen LogP contribution in [0.4, 0.5) is 13.2 Å². The predicted octanol–water partition coefficient (Wildman–Crippen LogP) is 4.23. The summed E-state index contributed by atoms with van der Waals surface area (Å²) in [4.78, 5) is 16.5. The normalized spacial score (nSPS) is 12.6. The van der Waals surface area contributed by atoms with E-state index in [2.05, 4.69) is 4.98 Å². The molecule has 1 unspecified atom stereocenters. The van der Waals surface area contributed by atoms with Gasteiger partial charge in [-0.15, -0.1) is 0 Å². The number of hydrogen-bond donors (Lipinski definition) is 2. The predicted molar refractivity (Wildman–Crippen MR) is 116 cm³/mol. The van der Waals surface area contributed by atoms with Gasteiger partial charge in [-0.2, -0.15) is 13.2 Å². The molecule has 2 heterocycles. The van der Waals surface area contributed by atoms with Crippen LogP contribution in [0.5, 0.6) is 11.6 Å². The summed E-state index contributed by atoms with van der Waals surface area (Å²) in [6.07, 6.45) is -2.41. The number of pyridine rings is 2. The first-order chi connectivity index (χ1) is 15.8. The highest BCUT2D eigenvalue weighted by atomic mass is 19.4. The molecule has 0 spiro atoms. The van der Waals surface area contributed by atoms with Gasteiger partial charge in [0.15, 0.2) is 5.43 Å². The van der Waals surface area contributed by atoms with Crippen LogP contribution in [0.25, 0.3) is 22.0 Å². The molecule has 0 amide bonds. The molecule has 2 aromatic carbocycles. The van der Waals surface area contributed by atoms with Crippen molar-refractivity contribution in [1.29, 1.82) is 0 Å². The number of aliphatic hydroxyl groups is 2. The van der Waals surface area contributed by atoms with Crippen molar-refractivity contribution in [2.75, 3.05) is 6.61 Å². The molecule has 2 aromatic heterocycles. The Morgan fingerprint density at radius 1 is 1.06 bits per heavy atom. The molecule has 1 atom stereocenters. The third kappa shape index (κ3) is 4.89. The first kappa shape index (κ1) is 22.5. The van der Waals surface area contributed by atoms with Gasteiger partial charge in [-0.3, -0.25) is 4.79 Å². The number of nitrogens with zero attached hydrogens (tertiary/aromatic N) is 2. The highest BCUT2D eigenvalue weighted by molar-refractivity contribution is 5.85. The van der Waals surface area contributed by atoms with Gasteiger partial charge in [-0.25, -0.2) is 4.98 Å². The lowest BCUT2D eigenvalue weighted by Crippen LogP contribution is -2.21. The molecule has 0 saturated carbocycles. The van der Waals surface area contributed by atoms with Gasteiger partial charge in [0.2, 0.25) is 5.88 Å². The summed E-state index contributed by atoms with van der Waals surface area (Å²) in [5.74, 6) is 0.364. The molecule has 9 heteroatoms. The Hall–Kier alpha value is -3.69. The van der Waals surface area contributed by atoms with Crippen LogP contribution in [0.15, 0.2) is 77.9 Å². The fourth-order valence-electron chi connectivity index (χ4n) is 3.43. The van der Waals surface area contributed by atoms with Gasteiger partial charge >= 0.3 is 6.18 Å². The molecule has 6 nitrogen and oxygen atoms in total. The zero-order valence-corrected chi connectivity index (χ0v) is 17.2. The van der Waals surface area contributed by atoms with Gasteiger partial charge in [-0.1, -0.05) is 6.07 Å². The van der Waals surface area contributed by atoms with E-state index >= 15 is 0 Å². The summed E-state index contributed by atoms with van der Waals surface area (Å²) < 4.78 is 45.9. The van der Waals surface area contributed by atoms with Gasteiger partial charge < -0.3 is 19.5 Å². The third-order valence-electron chi connectivity index (χ3n) is 5.07. The van der Waals surface area contributed by atoms with Gasteiger partial charge in [0.05, 0.1) is 30.3 Å². The largest absolute Gasteiger partial charge is 0.438 e. The summed E-state index contributed by atoms with van der Waals surface area (Å²) >= 11 is 0. The minimum absolute atomic E-state index is 0.0820. The van der Waals surface area contributed by atoms with Gasteiger partial charge in [0, 0.05) is 29.4 Å². The zero-order valence-electron chi connectivity index (χ0n) is 17.2. The Kier molecular flexibility index (Phi) is 6.17. The van der Waals surface area contributed by atoms with Crippen molar-refractivity contribution < 1.29 is 28.1 Å². The van der Waals surface area contributed by atoms with E-state index in [9.17, 15) is 28.2 Å². The second kappa shape index (κ2) is 9.05. The summed E-state index contributed by atoms with van der Waals surface area (Å²) in [5, 5.41) is 19.5. The molecule has 2 N–H and O–H groups in total. The molecule has 0 saturated heterocycles. The smallest absolute Gasteiger partial charge is 0.416 e. The number of aliphatic hydroxyl groups excluding tert-OH is 2. The molecule has 4 aromatic rings. The van der Waals surface area contributed by atoms with Crippen LogP contribution >= 0.6 is 0 Å². The fourth-order valence-corrected chi connectivity index (χ4v) is 3.43. The van der Waals surface area contributed by atoms with Gasteiger partial charge in [-0.05, 0) is 54.1 Å². The van der Waals surface area contributed by atoms with E-state index < -0.39 is 24.5 Å². The summed E-state index contributed by atoms with van der Waals surface area (Å²) in [6, 6.07) is 14.2. The van der Waals surface area contributed by atoms with E-state index in [-0.39, 0.29) is 23.6 Å². The van der Waals surface area contributed by atoms with Crippen LogP contribution in [-0.4, -0.2) is 32.5 Å². The maximum Gasteiger partial charge on any atom is 0.416 e. The van der Waals surface area contributed by atoms with E-state index in [4.69, 9.17) is 4.74 Å². The average molecular weight is 456 g/mol. The second-order valence-electron chi connectivity index (χ2n) is 7.38. The number of halogens is 3. The molecular formula is C24H19F3N2O4. The Bertz CT molecular complexity index is 1330. The first-order valence-electron chi connectivity index (χ1n) is 9.99. The van der Waals surface area contributed by atoms with Crippen LogP contribution in [0.2, 0.25) is 0 Å². The van der Waals surface area contributed by atoms with E-state index in [1.165, 1.54) is 30.6 Å². The molecule has 0 aliphatic carbocycles. The molecule has 33 heavy (non-hydrogen) atoms. The highest BCUT2D eigenvalue weighted by Crippen LogP contribution is 2.34. The summed E-state index contributed by atoms with van der Waals surface area (Å²) in [5.41, 5.74) is 0.768. The number of alkyl halides is 3. The second-order valence-corrected chi connectivity index (χ2v) is 7.38. The Morgan fingerprint density at radius 3 is 2.52 bits per heavy atom. The molecule has 0 aliphatic rings. The van der Waals surface area contributed by atoms with Gasteiger partial charge in [0.1, 0.15) is 5.75 Å². The van der Waals surface area contributed by atoms with Crippen LogP contribution < -0.4 is 10.2 Å². The Morgan fingerprint density at radius 2 is 1.82 bits per heavy atom. The molecule has 0 fully saturated rings. The number of ether oxygens (including phenoxy) is 1. The Balaban J connectivity index is 1.73. The van der Waals surface area contributed by atoms with Crippen molar-refractivity contribution in [3.8, 4) is 22.8 Å². The van der Waals surface area contributed by atoms with Crippen molar-refractivity contribution in [1.82, 2.24) is 9.55 Å². The molecule has 170 valence electrons. The number of benzene rings is 2. The van der Waals surface area contributed by atoms with E-state index in [1.807, 2.05) is 0 Å². The van der Waals surface area contributed by atoms with Crippen LogP contribution in [0.1, 0.15) is 5.56 Å². The van der Waals surface area contributed by atoms with Crippen molar-refractivity contribution in [3.05, 3.63) is 88.8 Å². The van der Waals surface area contributed by atoms with Crippen LogP contribution in [0.3, 0.4) is 0 Å². The van der Waals surface area contributed by atoms with Crippen molar-refractivity contribution in [3.63, 3.8) is 0 Å². The number of aromatic nitrogens is 2. The number of fused-ring (bicyclic) bond motifs is 1. The Labute approximate surface area is 186 Å². The molecule has 4 rings (SSSR count). The minimum atomic E-state index is -4.45. The van der Waals surface area contributed by atoms with Crippen molar-refractivity contribution in [2.24, 2.45) is 0 Å². The lowest BCUT2D eigenvalue weighted by molar-refractivity contribution is -0.137. The lowest BCUT2D eigenvalue weighted by atomic mass is 10.0. The summed E-state index contributed by atoms with van der Waals surface area (Å²) in [7, 11) is 0. The van der Waals surface area contributed by atoms with E-state index in [0.717, 1.165) is 12.1 Å². The minimum Gasteiger partial charge on any atom is -0.438 e. The van der Waals surface area contributed by atoms with Crippen LogP contribution in [0, 0.1) is 0 Å². The summed E-state index contributed by atoms with van der Waals surface area (Å²) in [6.45, 7) is -0.348. The monoisotopic (exact) mass is 456 g/mol. The SMILES string of the molecule is O=c1ccn(CC(O)CO)c2cc(-c3cccnc3Oc3ccc(C(F)(F)F)cc3)ccc12. The maximum atomic E-state index is 12.8. The standard InChI is InChI=1S/C24H19F3N2O4/c25-24(26,27)16-4-6-18(7-5-16)33-23-19(2-1-10-28-23)15-3-8-20-21(12-15)29(11-9-22(20)32)13-17(31)14-30/h1-12,17,30-31H,13-14H2. The zero-order chi connectivity index (χ0) is 23.6. The third-order valence-corrected chi connectivity index (χ3v) is 5.07. The molecule has 0 aliphatic heterocycles. The number of rotatable bonds is 6. The maximum absolute atomic E-state index is 12.8. The van der Waals surface area contributed by atoms with Crippen molar-refractivity contribution in [2.45, 2.75) is 18.8 Å². The first-order valence-corrected chi connectivity index (χ1v) is 9.99. The number of hydrogen-bond acceptors (Lipinski definition) is 5. The molecule has 0 bridgehead atoms. The topological polar surface area (TPSA) is 84.6 Å². The fraction of sp³-hybridized carbons (Fsp3) is 0.167. The lowest BCUT2D eigenvalue weighted by Gasteiger charge is -2.15. The van der Waals surface area contributed by atoms with E-state index in [1.54, 1.807) is 34.9 Å².